The first-order chi connectivity index (χ1) is 18.4. The van der Waals surface area contributed by atoms with Crippen molar-refractivity contribution in [3.05, 3.63) is 70.8 Å². The maximum atomic E-state index is 14.3. The van der Waals surface area contributed by atoms with Gasteiger partial charge in [-0.1, -0.05) is 48.5 Å². The molecule has 0 aliphatic heterocycles. The van der Waals surface area contributed by atoms with Gasteiger partial charge in [0.15, 0.2) is 0 Å². The molecule has 0 bridgehead atoms. The molecule has 3 amide bonds. The number of alkyl carbamates (subject to hydrolysis) is 1. The molecule has 0 aromatic heterocycles. The number of rotatable bonds is 10. The Bertz CT molecular complexity index is 1190. The normalized spacial score (nSPS) is 14.5. The van der Waals surface area contributed by atoms with Crippen LogP contribution in [0, 0.1) is 13.8 Å². The standard InChI is InChI=1S/C30H39N3O6/c1-19-12-13-22(16-20(19)2)26(27(35)31-18-25(34)38-6)33(23-14-15-23)28(36)24(17-21-10-8-7-9-11-21)32-29(37)39-30(3,4)5/h7-13,16,23-24,26H,14-15,17-18H2,1-6H3,(H,31,35)(H,32,37). The Morgan fingerprint density at radius 1 is 1.00 bits per heavy atom. The van der Waals surface area contributed by atoms with Gasteiger partial charge in [-0.3, -0.25) is 14.4 Å². The topological polar surface area (TPSA) is 114 Å². The first-order valence-electron chi connectivity index (χ1n) is 13.2. The number of carbonyl (C=O) groups is 4. The van der Waals surface area contributed by atoms with Gasteiger partial charge in [0.05, 0.1) is 7.11 Å². The number of methoxy groups -OCH3 is 1. The SMILES string of the molecule is COC(=O)CNC(=O)C(c1ccc(C)c(C)c1)N(C(=O)C(Cc1ccccc1)NC(=O)OC(C)(C)C)C1CC1. The summed E-state index contributed by atoms with van der Waals surface area (Å²) in [5.41, 5.74) is 2.73. The quantitative estimate of drug-likeness (QED) is 0.446. The van der Waals surface area contributed by atoms with E-state index in [9.17, 15) is 19.2 Å². The van der Waals surface area contributed by atoms with Crippen LogP contribution in [0.3, 0.4) is 0 Å². The van der Waals surface area contributed by atoms with Crippen molar-refractivity contribution in [2.45, 2.75) is 77.6 Å². The van der Waals surface area contributed by atoms with E-state index in [1.807, 2.05) is 62.4 Å². The third-order valence-electron chi connectivity index (χ3n) is 6.47. The van der Waals surface area contributed by atoms with Crippen molar-refractivity contribution in [1.29, 1.82) is 0 Å². The Kier molecular flexibility index (Phi) is 9.72. The third-order valence-corrected chi connectivity index (χ3v) is 6.47. The summed E-state index contributed by atoms with van der Waals surface area (Å²) in [5, 5.41) is 5.38. The highest BCUT2D eigenvalue weighted by molar-refractivity contribution is 5.93. The molecule has 210 valence electrons. The number of nitrogens with zero attached hydrogens (tertiary/aromatic N) is 1. The zero-order valence-corrected chi connectivity index (χ0v) is 23.6. The Labute approximate surface area is 230 Å². The molecule has 0 spiro atoms. The lowest BCUT2D eigenvalue weighted by molar-refractivity contribution is -0.145. The van der Waals surface area contributed by atoms with Gasteiger partial charge >= 0.3 is 12.1 Å². The van der Waals surface area contributed by atoms with E-state index in [1.165, 1.54) is 7.11 Å². The van der Waals surface area contributed by atoms with Crippen molar-refractivity contribution in [1.82, 2.24) is 15.5 Å². The first kappa shape index (κ1) is 29.7. The molecule has 9 heteroatoms. The predicted octanol–water partition coefficient (Wildman–Crippen LogP) is 3.76. The van der Waals surface area contributed by atoms with E-state index in [1.54, 1.807) is 25.7 Å². The van der Waals surface area contributed by atoms with Crippen molar-refractivity contribution in [2.24, 2.45) is 0 Å². The zero-order chi connectivity index (χ0) is 28.7. The molecule has 9 nitrogen and oxygen atoms in total. The van der Waals surface area contributed by atoms with Crippen LogP contribution in [-0.2, 0) is 30.3 Å². The van der Waals surface area contributed by atoms with Crippen LogP contribution in [0.15, 0.2) is 48.5 Å². The molecule has 39 heavy (non-hydrogen) atoms. The minimum Gasteiger partial charge on any atom is -0.468 e. The van der Waals surface area contributed by atoms with E-state index in [0.29, 0.717) is 5.56 Å². The van der Waals surface area contributed by atoms with E-state index in [4.69, 9.17) is 4.74 Å². The summed E-state index contributed by atoms with van der Waals surface area (Å²) in [5.74, 6) is -1.50. The number of carbonyl (C=O) groups excluding carboxylic acids is 4. The number of nitrogens with one attached hydrogen (secondary N) is 2. The number of hydrogen-bond donors (Lipinski definition) is 2. The largest absolute Gasteiger partial charge is 0.468 e. The molecule has 3 rings (SSSR count). The van der Waals surface area contributed by atoms with Gasteiger partial charge in [-0.15, -0.1) is 0 Å². The Morgan fingerprint density at radius 2 is 1.67 bits per heavy atom. The molecule has 2 N–H and O–H groups in total. The van der Waals surface area contributed by atoms with Crippen LogP contribution in [0.4, 0.5) is 4.79 Å². The molecular weight excluding hydrogens is 498 g/mol. The number of hydrogen-bond acceptors (Lipinski definition) is 6. The maximum Gasteiger partial charge on any atom is 0.408 e. The molecule has 1 aliphatic carbocycles. The van der Waals surface area contributed by atoms with Gasteiger partial charge in [-0.05, 0) is 69.7 Å². The molecule has 2 aromatic carbocycles. The average Bonchev–Trinajstić information content (AvgIpc) is 3.71. The van der Waals surface area contributed by atoms with E-state index >= 15 is 0 Å². The molecular formula is C30H39N3O6. The molecule has 1 fully saturated rings. The van der Waals surface area contributed by atoms with Crippen LogP contribution in [0.1, 0.15) is 61.9 Å². The van der Waals surface area contributed by atoms with Crippen LogP contribution in [0.25, 0.3) is 0 Å². The van der Waals surface area contributed by atoms with E-state index in [-0.39, 0.29) is 19.0 Å². The molecule has 0 saturated heterocycles. The van der Waals surface area contributed by atoms with Crippen LogP contribution in [0.2, 0.25) is 0 Å². The van der Waals surface area contributed by atoms with Crippen LogP contribution >= 0.6 is 0 Å². The summed E-state index contributed by atoms with van der Waals surface area (Å²) in [6, 6.07) is 12.8. The summed E-state index contributed by atoms with van der Waals surface area (Å²) in [4.78, 5) is 54.0. The molecule has 1 aliphatic rings. The highest BCUT2D eigenvalue weighted by atomic mass is 16.6. The van der Waals surface area contributed by atoms with Gasteiger partial charge in [0.25, 0.3) is 0 Å². The second-order valence-electron chi connectivity index (χ2n) is 10.9. The van der Waals surface area contributed by atoms with Gasteiger partial charge in [0, 0.05) is 12.5 Å². The smallest absolute Gasteiger partial charge is 0.408 e. The lowest BCUT2D eigenvalue weighted by Gasteiger charge is -2.35. The fraction of sp³-hybridized carbons (Fsp3) is 0.467. The van der Waals surface area contributed by atoms with Gasteiger partial charge < -0.3 is 25.0 Å². The van der Waals surface area contributed by atoms with Crippen molar-refractivity contribution in [2.75, 3.05) is 13.7 Å². The van der Waals surface area contributed by atoms with E-state index < -0.39 is 41.6 Å². The summed E-state index contributed by atoms with van der Waals surface area (Å²) >= 11 is 0. The highest BCUT2D eigenvalue weighted by Gasteiger charge is 2.44. The summed E-state index contributed by atoms with van der Waals surface area (Å²) in [6.07, 6.45) is 0.945. The summed E-state index contributed by atoms with van der Waals surface area (Å²) in [7, 11) is 1.24. The van der Waals surface area contributed by atoms with E-state index in [2.05, 4.69) is 15.4 Å². The monoisotopic (exact) mass is 537 g/mol. The molecule has 2 aromatic rings. The Hall–Kier alpha value is -3.88. The number of benzene rings is 2. The second-order valence-corrected chi connectivity index (χ2v) is 10.9. The number of ether oxygens (including phenoxy) is 2. The van der Waals surface area contributed by atoms with Crippen molar-refractivity contribution < 1.29 is 28.7 Å². The minimum atomic E-state index is -1.01. The Balaban J connectivity index is 2.01. The molecule has 2 unspecified atom stereocenters. The first-order valence-corrected chi connectivity index (χ1v) is 13.2. The highest BCUT2D eigenvalue weighted by Crippen LogP contribution is 2.36. The molecule has 2 atom stereocenters. The maximum absolute atomic E-state index is 14.3. The third kappa shape index (κ3) is 8.56. The molecule has 0 heterocycles. The van der Waals surface area contributed by atoms with Gasteiger partial charge in [-0.2, -0.15) is 0 Å². The van der Waals surface area contributed by atoms with Crippen LogP contribution < -0.4 is 10.6 Å². The van der Waals surface area contributed by atoms with E-state index in [0.717, 1.165) is 29.5 Å². The zero-order valence-electron chi connectivity index (χ0n) is 23.6. The summed E-state index contributed by atoms with van der Waals surface area (Å²) in [6.45, 7) is 8.83. The Morgan fingerprint density at radius 3 is 2.23 bits per heavy atom. The van der Waals surface area contributed by atoms with Crippen molar-refractivity contribution in [3.63, 3.8) is 0 Å². The second kappa shape index (κ2) is 12.8. The lowest BCUT2D eigenvalue weighted by atomic mass is 9.97. The van der Waals surface area contributed by atoms with Crippen molar-refractivity contribution >= 4 is 23.9 Å². The lowest BCUT2D eigenvalue weighted by Crippen LogP contribution is -2.54. The van der Waals surface area contributed by atoms with Crippen LogP contribution in [0.5, 0.6) is 0 Å². The van der Waals surface area contributed by atoms with Crippen LogP contribution in [-0.4, -0.2) is 60.1 Å². The van der Waals surface area contributed by atoms with Crippen molar-refractivity contribution in [3.8, 4) is 0 Å². The predicted molar refractivity (Wildman–Crippen MR) is 147 cm³/mol. The van der Waals surface area contributed by atoms with Gasteiger partial charge in [0.2, 0.25) is 11.8 Å². The number of esters is 1. The summed E-state index contributed by atoms with van der Waals surface area (Å²) < 4.78 is 10.1. The number of aryl methyl sites for hydroxylation is 2. The fourth-order valence-corrected chi connectivity index (χ4v) is 4.25. The molecule has 0 radical (unpaired) electrons. The molecule has 1 saturated carbocycles. The van der Waals surface area contributed by atoms with Gasteiger partial charge in [-0.25, -0.2) is 4.79 Å². The number of amides is 3. The fourth-order valence-electron chi connectivity index (χ4n) is 4.25. The average molecular weight is 538 g/mol. The minimum absolute atomic E-state index is 0.188. The van der Waals surface area contributed by atoms with Gasteiger partial charge in [0.1, 0.15) is 24.2 Å².